The van der Waals surface area contributed by atoms with Crippen LogP contribution in [0.1, 0.15) is 10.4 Å². The Balaban J connectivity index is 2.17. The highest BCUT2D eigenvalue weighted by Gasteiger charge is 2.08. The molecule has 0 spiro atoms. The van der Waals surface area contributed by atoms with Crippen molar-refractivity contribution < 1.29 is 4.79 Å². The van der Waals surface area contributed by atoms with Gasteiger partial charge in [-0.05, 0) is 24.3 Å². The second-order valence-corrected chi connectivity index (χ2v) is 4.09. The Morgan fingerprint density at radius 3 is 2.83 bits per heavy atom. The van der Waals surface area contributed by atoms with Gasteiger partial charge in [0.05, 0.1) is 17.4 Å². The number of nitrogens with zero attached hydrogens (tertiary/aromatic N) is 2. The third-order valence-electron chi connectivity index (χ3n) is 2.34. The predicted molar refractivity (Wildman–Crippen MR) is 71.1 cm³/mol. The molecule has 0 atom stereocenters. The van der Waals surface area contributed by atoms with E-state index in [2.05, 4.69) is 17.0 Å². The van der Waals surface area contributed by atoms with E-state index in [1.54, 1.807) is 29.1 Å². The van der Waals surface area contributed by atoms with Crippen molar-refractivity contribution in [3.05, 3.63) is 59.9 Å². The Kier molecular flexibility index (Phi) is 3.79. The molecule has 0 aliphatic heterocycles. The van der Waals surface area contributed by atoms with Gasteiger partial charge in [0, 0.05) is 17.8 Å². The molecule has 1 heterocycles. The van der Waals surface area contributed by atoms with Crippen LogP contribution in [0.2, 0.25) is 5.02 Å². The molecule has 0 aliphatic rings. The third-order valence-corrected chi connectivity index (χ3v) is 2.59. The van der Waals surface area contributed by atoms with Crippen molar-refractivity contribution in [3.63, 3.8) is 0 Å². The molecule has 0 saturated carbocycles. The van der Waals surface area contributed by atoms with Crippen LogP contribution in [0.15, 0.2) is 49.3 Å². The molecule has 5 heteroatoms. The molecule has 2 aromatic rings. The quantitative estimate of drug-likeness (QED) is 0.860. The van der Waals surface area contributed by atoms with Crippen LogP contribution in [0.25, 0.3) is 5.69 Å². The summed E-state index contributed by atoms with van der Waals surface area (Å²) in [6, 6.07) is 7.22. The summed E-state index contributed by atoms with van der Waals surface area (Å²) < 4.78 is 1.62. The average molecular weight is 262 g/mol. The lowest BCUT2D eigenvalue weighted by molar-refractivity contribution is 0.0958. The third kappa shape index (κ3) is 2.78. The maximum atomic E-state index is 11.7. The van der Waals surface area contributed by atoms with Gasteiger partial charge in [-0.25, -0.2) is 4.68 Å². The number of amides is 1. The van der Waals surface area contributed by atoms with Crippen LogP contribution in [0, 0.1) is 0 Å². The monoisotopic (exact) mass is 261 g/mol. The van der Waals surface area contributed by atoms with Crippen molar-refractivity contribution in [1.82, 2.24) is 15.1 Å². The maximum absolute atomic E-state index is 11.7. The first kappa shape index (κ1) is 12.4. The van der Waals surface area contributed by atoms with Crippen molar-refractivity contribution in [3.8, 4) is 5.69 Å². The fourth-order valence-corrected chi connectivity index (χ4v) is 1.57. The van der Waals surface area contributed by atoms with Crippen LogP contribution in [0.3, 0.4) is 0 Å². The van der Waals surface area contributed by atoms with E-state index in [0.29, 0.717) is 17.1 Å². The molecule has 18 heavy (non-hydrogen) atoms. The average Bonchev–Trinajstić information content (AvgIpc) is 2.86. The molecule has 1 N–H and O–H groups in total. The molecule has 0 radical (unpaired) electrons. The van der Waals surface area contributed by atoms with Gasteiger partial charge in [0.25, 0.3) is 5.91 Å². The van der Waals surface area contributed by atoms with Crippen molar-refractivity contribution >= 4 is 17.5 Å². The van der Waals surface area contributed by atoms with Crippen LogP contribution in [0.4, 0.5) is 0 Å². The molecule has 0 saturated heterocycles. The number of hydrogen-bond donors (Lipinski definition) is 1. The van der Waals surface area contributed by atoms with Gasteiger partial charge in [0.2, 0.25) is 0 Å². The van der Waals surface area contributed by atoms with Crippen LogP contribution < -0.4 is 5.32 Å². The van der Waals surface area contributed by atoms with E-state index in [1.807, 2.05) is 12.1 Å². The van der Waals surface area contributed by atoms with Crippen molar-refractivity contribution in [2.75, 3.05) is 6.54 Å². The van der Waals surface area contributed by atoms with E-state index in [-0.39, 0.29) is 5.91 Å². The van der Waals surface area contributed by atoms with Gasteiger partial charge in [-0.1, -0.05) is 17.7 Å². The normalized spacial score (nSPS) is 10.1. The fraction of sp³-hybridized carbons (Fsp3) is 0.0769. The first-order valence-corrected chi connectivity index (χ1v) is 5.78. The summed E-state index contributed by atoms with van der Waals surface area (Å²) >= 11 is 5.81. The number of aromatic nitrogens is 2. The largest absolute Gasteiger partial charge is 0.348 e. The summed E-state index contributed by atoms with van der Waals surface area (Å²) in [6.07, 6.45) is 4.82. The Morgan fingerprint density at radius 2 is 2.17 bits per heavy atom. The molecule has 1 amide bonds. The molecule has 0 unspecified atom stereocenters. The Hall–Kier alpha value is -2.07. The van der Waals surface area contributed by atoms with Crippen LogP contribution >= 0.6 is 11.6 Å². The molecule has 92 valence electrons. The number of carbonyl (C=O) groups is 1. The van der Waals surface area contributed by atoms with Gasteiger partial charge in [-0.3, -0.25) is 4.79 Å². The molecule has 4 nitrogen and oxygen atoms in total. The summed E-state index contributed by atoms with van der Waals surface area (Å²) in [7, 11) is 0. The van der Waals surface area contributed by atoms with Crippen LogP contribution in [-0.2, 0) is 0 Å². The summed E-state index contributed by atoms with van der Waals surface area (Å²) in [5.41, 5.74) is 1.36. The van der Waals surface area contributed by atoms with Gasteiger partial charge in [-0.15, -0.1) is 6.58 Å². The fourth-order valence-electron chi connectivity index (χ4n) is 1.44. The minimum absolute atomic E-state index is 0.171. The molecular weight excluding hydrogens is 250 g/mol. The van der Waals surface area contributed by atoms with E-state index in [1.165, 1.54) is 6.20 Å². The maximum Gasteiger partial charge on any atom is 0.254 e. The zero-order chi connectivity index (χ0) is 13.0. The number of halogens is 1. The number of benzene rings is 1. The molecule has 1 aromatic heterocycles. The van der Waals surface area contributed by atoms with Gasteiger partial charge < -0.3 is 5.32 Å². The minimum Gasteiger partial charge on any atom is -0.348 e. The molecule has 2 rings (SSSR count). The van der Waals surface area contributed by atoms with Crippen LogP contribution in [-0.4, -0.2) is 22.2 Å². The van der Waals surface area contributed by atoms with Gasteiger partial charge in [0.1, 0.15) is 0 Å². The molecule has 0 bridgehead atoms. The second kappa shape index (κ2) is 5.51. The lowest BCUT2D eigenvalue weighted by atomic mass is 10.3. The Bertz CT molecular complexity index is 560. The first-order chi connectivity index (χ1) is 8.70. The zero-order valence-electron chi connectivity index (χ0n) is 9.64. The van der Waals surface area contributed by atoms with E-state index in [4.69, 9.17) is 11.6 Å². The molecule has 1 aromatic carbocycles. The van der Waals surface area contributed by atoms with E-state index >= 15 is 0 Å². The second-order valence-electron chi connectivity index (χ2n) is 3.65. The van der Waals surface area contributed by atoms with Crippen molar-refractivity contribution in [2.45, 2.75) is 0 Å². The standard InChI is InChI=1S/C13H12ClN3O/c1-2-7-15-13(18)10-8-16-17(9-10)12-5-3-11(14)4-6-12/h2-6,8-9H,1,7H2,(H,15,18). The van der Waals surface area contributed by atoms with E-state index < -0.39 is 0 Å². The van der Waals surface area contributed by atoms with E-state index in [0.717, 1.165) is 5.69 Å². The molecule has 0 fully saturated rings. The van der Waals surface area contributed by atoms with E-state index in [9.17, 15) is 4.79 Å². The minimum atomic E-state index is -0.171. The Morgan fingerprint density at radius 1 is 1.44 bits per heavy atom. The highest BCUT2D eigenvalue weighted by molar-refractivity contribution is 6.30. The lowest BCUT2D eigenvalue weighted by Gasteiger charge is -2.00. The smallest absolute Gasteiger partial charge is 0.254 e. The predicted octanol–water partition coefficient (Wildman–Crippen LogP) is 2.44. The molecule has 0 aliphatic carbocycles. The summed E-state index contributed by atoms with van der Waals surface area (Å²) in [5.74, 6) is -0.171. The van der Waals surface area contributed by atoms with Crippen LogP contribution in [0.5, 0.6) is 0 Å². The highest BCUT2D eigenvalue weighted by atomic mass is 35.5. The lowest BCUT2D eigenvalue weighted by Crippen LogP contribution is -2.22. The summed E-state index contributed by atoms with van der Waals surface area (Å²) in [4.78, 5) is 11.7. The van der Waals surface area contributed by atoms with Gasteiger partial charge in [-0.2, -0.15) is 5.10 Å². The topological polar surface area (TPSA) is 46.9 Å². The van der Waals surface area contributed by atoms with Crippen molar-refractivity contribution in [1.29, 1.82) is 0 Å². The van der Waals surface area contributed by atoms with Gasteiger partial charge >= 0.3 is 0 Å². The summed E-state index contributed by atoms with van der Waals surface area (Å²) in [5, 5.41) is 7.49. The highest BCUT2D eigenvalue weighted by Crippen LogP contribution is 2.13. The first-order valence-electron chi connectivity index (χ1n) is 5.40. The zero-order valence-corrected chi connectivity index (χ0v) is 10.4. The molecular formula is C13H12ClN3O. The number of hydrogen-bond acceptors (Lipinski definition) is 2. The number of nitrogens with one attached hydrogen (secondary N) is 1. The van der Waals surface area contributed by atoms with Gasteiger partial charge in [0.15, 0.2) is 0 Å². The SMILES string of the molecule is C=CCNC(=O)c1cnn(-c2ccc(Cl)cc2)c1. The van der Waals surface area contributed by atoms with Crippen molar-refractivity contribution in [2.24, 2.45) is 0 Å². The Labute approximate surface area is 110 Å². The summed E-state index contributed by atoms with van der Waals surface area (Å²) in [6.45, 7) is 3.97. The number of rotatable bonds is 4. The number of carbonyl (C=O) groups excluding carboxylic acids is 1.